The Kier molecular flexibility index (Phi) is 6.29. The van der Waals surface area contributed by atoms with Gasteiger partial charge < -0.3 is 4.90 Å². The van der Waals surface area contributed by atoms with E-state index < -0.39 is 0 Å². The molecule has 1 aromatic carbocycles. The molecule has 0 saturated carbocycles. The zero-order valence-corrected chi connectivity index (χ0v) is 12.9. The summed E-state index contributed by atoms with van der Waals surface area (Å²) in [6.45, 7) is 1.94. The monoisotopic (exact) mass is 276 g/mol. The standard InChI is InChI=1S/C14H20N4S/c1-11(15-2)10-14(19-5)17-16-12-6-8-13(9-7-12)18(3)4/h6-10H,1-5H3. The van der Waals surface area contributed by atoms with Gasteiger partial charge >= 0.3 is 0 Å². The normalized spacial score (nSPS) is 13.1. The van der Waals surface area contributed by atoms with Gasteiger partial charge in [0.15, 0.2) is 0 Å². The topological polar surface area (TPSA) is 40.3 Å². The first-order valence-electron chi connectivity index (χ1n) is 5.95. The third-order valence-electron chi connectivity index (χ3n) is 2.52. The van der Waals surface area contributed by atoms with Crippen LogP contribution in [0.5, 0.6) is 0 Å². The first-order chi connectivity index (χ1) is 9.06. The Morgan fingerprint density at radius 3 is 2.32 bits per heavy atom. The van der Waals surface area contributed by atoms with Crippen LogP contribution in [0.4, 0.5) is 11.4 Å². The van der Waals surface area contributed by atoms with Crippen molar-refractivity contribution >= 4 is 28.8 Å². The molecule has 0 spiro atoms. The minimum Gasteiger partial charge on any atom is -0.378 e. The molecule has 1 aromatic rings. The maximum Gasteiger partial charge on any atom is 0.120 e. The molecule has 0 heterocycles. The molecule has 4 nitrogen and oxygen atoms in total. The fourth-order valence-corrected chi connectivity index (χ4v) is 1.71. The molecule has 5 heteroatoms. The second-order valence-electron chi connectivity index (χ2n) is 4.16. The highest BCUT2D eigenvalue weighted by Crippen LogP contribution is 2.21. The van der Waals surface area contributed by atoms with Gasteiger partial charge in [-0.3, -0.25) is 4.99 Å². The molecule has 0 radical (unpaired) electrons. The van der Waals surface area contributed by atoms with Crippen LogP contribution in [0.15, 0.2) is 50.6 Å². The maximum absolute atomic E-state index is 4.23. The van der Waals surface area contributed by atoms with Crippen molar-refractivity contribution in [2.75, 3.05) is 32.3 Å². The summed E-state index contributed by atoms with van der Waals surface area (Å²) < 4.78 is 0. The molecule has 0 bridgehead atoms. The van der Waals surface area contributed by atoms with Crippen molar-refractivity contribution in [3.8, 4) is 0 Å². The van der Waals surface area contributed by atoms with Crippen LogP contribution < -0.4 is 4.90 Å². The molecule has 0 aliphatic rings. The molecule has 0 aliphatic heterocycles. The maximum atomic E-state index is 4.23. The van der Waals surface area contributed by atoms with E-state index in [1.807, 2.05) is 57.6 Å². The van der Waals surface area contributed by atoms with Crippen molar-refractivity contribution in [3.05, 3.63) is 35.4 Å². The number of hydrogen-bond acceptors (Lipinski definition) is 5. The molecule has 0 atom stereocenters. The largest absolute Gasteiger partial charge is 0.378 e. The van der Waals surface area contributed by atoms with Crippen molar-refractivity contribution in [1.82, 2.24) is 0 Å². The van der Waals surface area contributed by atoms with Crippen LogP contribution in [0, 0.1) is 0 Å². The van der Waals surface area contributed by atoms with Crippen molar-refractivity contribution < 1.29 is 0 Å². The number of thioether (sulfide) groups is 1. The average molecular weight is 276 g/mol. The molecular formula is C14H20N4S. The van der Waals surface area contributed by atoms with Crippen LogP contribution in [-0.4, -0.2) is 33.1 Å². The number of benzene rings is 1. The van der Waals surface area contributed by atoms with Gasteiger partial charge in [0.05, 0.1) is 5.69 Å². The SMILES string of the molecule is CN=C(C)C=C(N=Nc1ccc(N(C)C)cc1)SC. The Bertz CT molecular complexity index is 487. The van der Waals surface area contributed by atoms with Gasteiger partial charge in [0.25, 0.3) is 0 Å². The molecule has 0 amide bonds. The molecule has 102 valence electrons. The minimum absolute atomic E-state index is 0.844. The van der Waals surface area contributed by atoms with Crippen LogP contribution in [0.1, 0.15) is 6.92 Å². The first kappa shape index (κ1) is 15.4. The predicted octanol–water partition coefficient (Wildman–Crippen LogP) is 4.13. The van der Waals surface area contributed by atoms with E-state index in [9.17, 15) is 0 Å². The second-order valence-corrected chi connectivity index (χ2v) is 4.99. The van der Waals surface area contributed by atoms with E-state index in [2.05, 4.69) is 20.1 Å². The number of aliphatic imine (C=N–C) groups is 1. The summed E-state index contributed by atoms with van der Waals surface area (Å²) in [6.07, 6.45) is 3.89. The van der Waals surface area contributed by atoms with Gasteiger partial charge in [0.2, 0.25) is 0 Å². The first-order valence-corrected chi connectivity index (χ1v) is 7.17. The number of hydrogen-bond donors (Lipinski definition) is 0. The Hall–Kier alpha value is -1.62. The van der Waals surface area contributed by atoms with Crippen LogP contribution in [0.3, 0.4) is 0 Å². The van der Waals surface area contributed by atoms with Crippen LogP contribution in [0.25, 0.3) is 0 Å². The third-order valence-corrected chi connectivity index (χ3v) is 3.14. The lowest BCUT2D eigenvalue weighted by Crippen LogP contribution is -2.07. The van der Waals surface area contributed by atoms with Gasteiger partial charge in [-0.1, -0.05) is 0 Å². The molecule has 19 heavy (non-hydrogen) atoms. The van der Waals surface area contributed by atoms with Crippen molar-refractivity contribution in [1.29, 1.82) is 0 Å². The molecule has 0 fully saturated rings. The Labute approximate surface area is 119 Å². The number of azo groups is 1. The smallest absolute Gasteiger partial charge is 0.120 e. The van der Waals surface area contributed by atoms with Gasteiger partial charge in [-0.2, -0.15) is 5.11 Å². The lowest BCUT2D eigenvalue weighted by molar-refractivity contribution is 1.13. The van der Waals surface area contributed by atoms with Gasteiger partial charge in [-0.15, -0.1) is 16.9 Å². The van der Waals surface area contributed by atoms with E-state index in [0.717, 1.165) is 22.1 Å². The van der Waals surface area contributed by atoms with Crippen LogP contribution in [0.2, 0.25) is 0 Å². The molecule has 0 aromatic heterocycles. The van der Waals surface area contributed by atoms with Crippen LogP contribution >= 0.6 is 11.8 Å². The van der Waals surface area contributed by atoms with E-state index in [1.54, 1.807) is 18.8 Å². The lowest BCUT2D eigenvalue weighted by atomic mass is 10.3. The minimum atomic E-state index is 0.844. The highest BCUT2D eigenvalue weighted by atomic mass is 32.2. The predicted molar refractivity (Wildman–Crippen MR) is 85.9 cm³/mol. The number of allylic oxidation sites excluding steroid dienone is 1. The fourth-order valence-electron chi connectivity index (χ4n) is 1.30. The van der Waals surface area contributed by atoms with Gasteiger partial charge in [0, 0.05) is 32.5 Å². The molecule has 0 N–H and O–H groups in total. The van der Waals surface area contributed by atoms with Gasteiger partial charge in [-0.05, 0) is 43.5 Å². The number of anilines is 1. The molecule has 0 aliphatic carbocycles. The zero-order valence-electron chi connectivity index (χ0n) is 12.1. The summed E-state index contributed by atoms with van der Waals surface area (Å²) >= 11 is 1.55. The summed E-state index contributed by atoms with van der Waals surface area (Å²) in [5.41, 5.74) is 2.93. The summed E-state index contributed by atoms with van der Waals surface area (Å²) in [7, 11) is 5.79. The highest BCUT2D eigenvalue weighted by Gasteiger charge is 1.96. The van der Waals surface area contributed by atoms with Gasteiger partial charge in [-0.25, -0.2) is 0 Å². The van der Waals surface area contributed by atoms with Crippen molar-refractivity contribution in [2.45, 2.75) is 6.92 Å². The molecule has 0 unspecified atom stereocenters. The fraction of sp³-hybridized carbons (Fsp3) is 0.357. The Balaban J connectivity index is 2.82. The van der Waals surface area contributed by atoms with Crippen LogP contribution in [-0.2, 0) is 0 Å². The molecular weight excluding hydrogens is 256 g/mol. The quantitative estimate of drug-likeness (QED) is 0.599. The number of nitrogens with zero attached hydrogens (tertiary/aromatic N) is 4. The third kappa shape index (κ3) is 5.26. The lowest BCUT2D eigenvalue weighted by Gasteiger charge is -2.11. The highest BCUT2D eigenvalue weighted by molar-refractivity contribution is 8.02. The van der Waals surface area contributed by atoms with E-state index in [0.29, 0.717) is 0 Å². The van der Waals surface area contributed by atoms with E-state index in [4.69, 9.17) is 0 Å². The second kappa shape index (κ2) is 7.74. The number of rotatable bonds is 5. The Morgan fingerprint density at radius 2 is 1.84 bits per heavy atom. The summed E-state index contributed by atoms with van der Waals surface area (Å²) in [5, 5.41) is 9.30. The molecule has 1 rings (SSSR count). The van der Waals surface area contributed by atoms with E-state index in [-0.39, 0.29) is 0 Å². The Morgan fingerprint density at radius 1 is 1.21 bits per heavy atom. The van der Waals surface area contributed by atoms with Gasteiger partial charge in [0.1, 0.15) is 5.03 Å². The summed E-state index contributed by atoms with van der Waals surface area (Å²) in [4.78, 5) is 6.13. The van der Waals surface area contributed by atoms with E-state index in [1.165, 1.54) is 0 Å². The van der Waals surface area contributed by atoms with E-state index >= 15 is 0 Å². The molecule has 0 saturated heterocycles. The van der Waals surface area contributed by atoms with Crippen molar-refractivity contribution in [3.63, 3.8) is 0 Å². The van der Waals surface area contributed by atoms with Crippen molar-refractivity contribution in [2.24, 2.45) is 15.2 Å². The summed E-state index contributed by atoms with van der Waals surface area (Å²) in [6, 6.07) is 7.96. The summed E-state index contributed by atoms with van der Waals surface area (Å²) in [5.74, 6) is 0. The average Bonchev–Trinajstić information content (AvgIpc) is 2.43. The zero-order chi connectivity index (χ0) is 14.3.